The van der Waals surface area contributed by atoms with Crippen LogP contribution in [0.2, 0.25) is 0 Å². The highest BCUT2D eigenvalue weighted by molar-refractivity contribution is 5.37. The summed E-state index contributed by atoms with van der Waals surface area (Å²) in [5.41, 5.74) is 2.41. The Bertz CT molecular complexity index is 389. The Hall–Kier alpha value is -1.67. The van der Waals surface area contributed by atoms with Crippen molar-refractivity contribution in [3.05, 3.63) is 0 Å². The first-order chi connectivity index (χ1) is 9.12. The Balaban J connectivity index is 2.91. The zero-order chi connectivity index (χ0) is 14.3. The predicted molar refractivity (Wildman–Crippen MR) is 73.2 cm³/mol. The highest BCUT2D eigenvalue weighted by atomic mass is 16.5. The number of likely N-dealkylation sites (N-methyl/N-ethyl adjacent to an activating group) is 1. The van der Waals surface area contributed by atoms with E-state index in [1.165, 1.54) is 0 Å². The Morgan fingerprint density at radius 2 is 2.11 bits per heavy atom. The molecule has 1 heterocycles. The standard InChI is InChI=1S/C11H22N6O2/c1-5-6-19-11-14-9(16-12)13-10(15-11)17(3)8(2)7-18-4/h8H,5-7,12H2,1-4H3,(H,13,14,15,16). The Kier molecular flexibility index (Phi) is 6.23. The summed E-state index contributed by atoms with van der Waals surface area (Å²) in [6, 6.07) is 0.383. The van der Waals surface area contributed by atoms with Gasteiger partial charge in [0.15, 0.2) is 0 Å². The van der Waals surface area contributed by atoms with Crippen LogP contribution >= 0.6 is 0 Å². The maximum Gasteiger partial charge on any atom is 0.323 e. The fourth-order valence-electron chi connectivity index (χ4n) is 1.38. The molecule has 1 unspecified atom stereocenters. The molecule has 3 N–H and O–H groups in total. The van der Waals surface area contributed by atoms with E-state index < -0.39 is 0 Å². The topological polar surface area (TPSA) is 98.4 Å². The van der Waals surface area contributed by atoms with Gasteiger partial charge in [-0.1, -0.05) is 6.92 Å². The maximum absolute atomic E-state index is 5.41. The van der Waals surface area contributed by atoms with Gasteiger partial charge in [-0.15, -0.1) is 0 Å². The molecule has 0 saturated heterocycles. The number of hydrazine groups is 1. The molecule has 108 valence electrons. The fourth-order valence-corrected chi connectivity index (χ4v) is 1.38. The highest BCUT2D eigenvalue weighted by Gasteiger charge is 2.15. The first kappa shape index (κ1) is 15.4. The van der Waals surface area contributed by atoms with Crippen LogP contribution in [0, 0.1) is 0 Å². The third-order valence-electron chi connectivity index (χ3n) is 2.55. The number of rotatable bonds is 8. The van der Waals surface area contributed by atoms with Crippen LogP contribution in [0.5, 0.6) is 6.01 Å². The fraction of sp³-hybridized carbons (Fsp3) is 0.727. The average molecular weight is 270 g/mol. The molecule has 0 aliphatic rings. The summed E-state index contributed by atoms with van der Waals surface area (Å²) in [6.45, 7) is 5.13. The minimum absolute atomic E-state index is 0.122. The lowest BCUT2D eigenvalue weighted by atomic mass is 10.3. The van der Waals surface area contributed by atoms with Crippen LogP contribution in [0.15, 0.2) is 0 Å². The normalized spacial score (nSPS) is 12.1. The minimum atomic E-state index is 0.122. The molecule has 8 heteroatoms. The summed E-state index contributed by atoms with van der Waals surface area (Å²) in [5, 5.41) is 0. The summed E-state index contributed by atoms with van der Waals surface area (Å²) >= 11 is 0. The Morgan fingerprint density at radius 1 is 1.37 bits per heavy atom. The zero-order valence-electron chi connectivity index (χ0n) is 11.9. The number of hydrogen-bond acceptors (Lipinski definition) is 8. The molecule has 8 nitrogen and oxygen atoms in total. The van der Waals surface area contributed by atoms with Crippen LogP contribution < -0.4 is 20.9 Å². The molecule has 1 aromatic heterocycles. The number of nitrogens with zero attached hydrogens (tertiary/aromatic N) is 4. The van der Waals surface area contributed by atoms with E-state index in [1.54, 1.807) is 7.11 Å². The number of aromatic nitrogens is 3. The van der Waals surface area contributed by atoms with Gasteiger partial charge in [0, 0.05) is 14.2 Å². The lowest BCUT2D eigenvalue weighted by Crippen LogP contribution is -2.34. The molecule has 0 amide bonds. The van der Waals surface area contributed by atoms with Crippen molar-refractivity contribution in [2.45, 2.75) is 26.3 Å². The Morgan fingerprint density at radius 3 is 2.68 bits per heavy atom. The van der Waals surface area contributed by atoms with E-state index in [-0.39, 0.29) is 18.0 Å². The zero-order valence-corrected chi connectivity index (χ0v) is 11.9. The average Bonchev–Trinajstić information content (AvgIpc) is 2.44. The van der Waals surface area contributed by atoms with Crippen LogP contribution in [0.1, 0.15) is 20.3 Å². The van der Waals surface area contributed by atoms with E-state index in [4.69, 9.17) is 15.3 Å². The van der Waals surface area contributed by atoms with E-state index >= 15 is 0 Å². The second kappa shape index (κ2) is 7.70. The first-order valence-corrected chi connectivity index (χ1v) is 6.19. The van der Waals surface area contributed by atoms with Gasteiger partial charge in [0.05, 0.1) is 19.3 Å². The van der Waals surface area contributed by atoms with Gasteiger partial charge >= 0.3 is 6.01 Å². The van der Waals surface area contributed by atoms with Crippen LogP contribution in [0.25, 0.3) is 0 Å². The molecule has 0 fully saturated rings. The molecule has 0 saturated carbocycles. The quantitative estimate of drug-likeness (QED) is 0.518. The number of methoxy groups -OCH3 is 1. The van der Waals surface area contributed by atoms with Crippen molar-refractivity contribution in [1.82, 2.24) is 15.0 Å². The molecular formula is C11H22N6O2. The van der Waals surface area contributed by atoms with Gasteiger partial charge in [-0.25, -0.2) is 5.84 Å². The molecule has 0 radical (unpaired) electrons. The van der Waals surface area contributed by atoms with Crippen molar-refractivity contribution in [3.63, 3.8) is 0 Å². The molecule has 1 aromatic rings. The van der Waals surface area contributed by atoms with Crippen LogP contribution in [0.4, 0.5) is 11.9 Å². The van der Waals surface area contributed by atoms with Crippen LogP contribution in [0.3, 0.4) is 0 Å². The number of nitrogen functional groups attached to an aromatic ring is 1. The third-order valence-corrected chi connectivity index (χ3v) is 2.55. The van der Waals surface area contributed by atoms with E-state index in [2.05, 4.69) is 20.4 Å². The monoisotopic (exact) mass is 270 g/mol. The summed E-state index contributed by atoms with van der Waals surface area (Å²) in [7, 11) is 3.53. The molecule has 1 rings (SSSR count). The van der Waals surface area contributed by atoms with Gasteiger partial charge in [0.2, 0.25) is 11.9 Å². The second-order valence-corrected chi connectivity index (χ2v) is 4.15. The molecule has 0 aliphatic carbocycles. The first-order valence-electron chi connectivity index (χ1n) is 6.19. The van der Waals surface area contributed by atoms with Crippen molar-refractivity contribution in [2.24, 2.45) is 5.84 Å². The number of nitrogens with one attached hydrogen (secondary N) is 1. The van der Waals surface area contributed by atoms with Crippen molar-refractivity contribution in [2.75, 3.05) is 37.7 Å². The largest absolute Gasteiger partial charge is 0.463 e. The molecule has 0 aliphatic heterocycles. The SMILES string of the molecule is CCCOc1nc(NN)nc(N(C)C(C)COC)n1. The molecule has 19 heavy (non-hydrogen) atoms. The van der Waals surface area contributed by atoms with Crippen molar-refractivity contribution in [1.29, 1.82) is 0 Å². The van der Waals surface area contributed by atoms with Gasteiger partial charge in [0.25, 0.3) is 0 Å². The highest BCUT2D eigenvalue weighted by Crippen LogP contribution is 2.15. The number of hydrogen-bond donors (Lipinski definition) is 2. The molecule has 0 spiro atoms. The van der Waals surface area contributed by atoms with Crippen LogP contribution in [-0.4, -0.2) is 48.4 Å². The van der Waals surface area contributed by atoms with Crippen molar-refractivity contribution in [3.8, 4) is 6.01 Å². The van der Waals surface area contributed by atoms with Gasteiger partial charge < -0.3 is 14.4 Å². The van der Waals surface area contributed by atoms with Crippen LogP contribution in [-0.2, 0) is 4.74 Å². The van der Waals surface area contributed by atoms with Gasteiger partial charge in [-0.3, -0.25) is 5.43 Å². The van der Waals surface area contributed by atoms with Gasteiger partial charge in [-0.05, 0) is 13.3 Å². The summed E-state index contributed by atoms with van der Waals surface area (Å²) in [6.07, 6.45) is 0.877. The van der Waals surface area contributed by atoms with E-state index in [0.717, 1.165) is 6.42 Å². The van der Waals surface area contributed by atoms with E-state index in [0.29, 0.717) is 19.2 Å². The van der Waals surface area contributed by atoms with Crippen molar-refractivity contribution < 1.29 is 9.47 Å². The minimum Gasteiger partial charge on any atom is -0.463 e. The van der Waals surface area contributed by atoms with Crippen molar-refractivity contribution >= 4 is 11.9 Å². The third kappa shape index (κ3) is 4.49. The lowest BCUT2D eigenvalue weighted by Gasteiger charge is -2.24. The summed E-state index contributed by atoms with van der Waals surface area (Å²) < 4.78 is 10.5. The summed E-state index contributed by atoms with van der Waals surface area (Å²) in [4.78, 5) is 14.4. The van der Waals surface area contributed by atoms with Gasteiger partial charge in [0.1, 0.15) is 0 Å². The number of ether oxygens (including phenoxy) is 2. The number of anilines is 2. The molecule has 0 bridgehead atoms. The molecule has 1 atom stereocenters. The van der Waals surface area contributed by atoms with E-state index in [9.17, 15) is 0 Å². The molecule has 0 aromatic carbocycles. The maximum atomic E-state index is 5.41. The van der Waals surface area contributed by atoms with E-state index in [1.807, 2.05) is 25.8 Å². The smallest absolute Gasteiger partial charge is 0.323 e. The Labute approximate surface area is 113 Å². The number of nitrogens with two attached hydrogens (primary N) is 1. The second-order valence-electron chi connectivity index (χ2n) is 4.15. The lowest BCUT2D eigenvalue weighted by molar-refractivity contribution is 0.182. The molecular weight excluding hydrogens is 248 g/mol. The summed E-state index contributed by atoms with van der Waals surface area (Å²) in [5.74, 6) is 6.11. The predicted octanol–water partition coefficient (Wildman–Crippen LogP) is 0.417. The van der Waals surface area contributed by atoms with Gasteiger partial charge in [-0.2, -0.15) is 15.0 Å².